The van der Waals surface area contributed by atoms with Gasteiger partial charge in [-0.05, 0) is 0 Å². The lowest BCUT2D eigenvalue weighted by molar-refractivity contribution is -0.227. The monoisotopic (exact) mass is 366 g/mol. The molecule has 0 bridgehead atoms. The molecule has 12 heteroatoms. The van der Waals surface area contributed by atoms with Crippen LogP contribution in [0.1, 0.15) is 0 Å². The Labute approximate surface area is 141 Å². The SMILES string of the molecule is OC[C@H]1O[C@@H](/N=C2\OC[C@@H]3[C@@H](O)[C@H](O)[C@@H](O)[C@@H](O)N23)[C@H](O)[C@@H](O)[C@@H]1O. The fourth-order valence-corrected chi connectivity index (χ4v) is 3.20. The van der Waals surface area contributed by atoms with Gasteiger partial charge < -0.3 is 50.3 Å². The summed E-state index contributed by atoms with van der Waals surface area (Å²) in [5.74, 6) is 0. The molecule has 144 valence electrons. The highest BCUT2D eigenvalue weighted by Crippen LogP contribution is 2.30. The molecule has 0 saturated carbocycles. The smallest absolute Gasteiger partial charge is 0.292 e. The first kappa shape index (κ1) is 18.7. The summed E-state index contributed by atoms with van der Waals surface area (Å²) in [6, 6.07) is -1.18. The lowest BCUT2D eigenvalue weighted by Gasteiger charge is -2.43. The summed E-state index contributed by atoms with van der Waals surface area (Å²) in [7, 11) is 0. The van der Waals surface area contributed by atoms with E-state index in [2.05, 4.69) is 4.99 Å². The Hall–Kier alpha value is -1.09. The minimum absolute atomic E-state index is 0.155. The number of nitrogens with zero attached hydrogens (tertiary/aromatic N) is 2. The predicted molar refractivity (Wildman–Crippen MR) is 76.8 cm³/mol. The molecule has 0 aromatic rings. The zero-order chi connectivity index (χ0) is 18.5. The van der Waals surface area contributed by atoms with Gasteiger partial charge in [-0.3, -0.25) is 4.90 Å². The molecule has 3 heterocycles. The van der Waals surface area contributed by atoms with Crippen molar-refractivity contribution in [3.63, 3.8) is 0 Å². The molecule has 3 saturated heterocycles. The van der Waals surface area contributed by atoms with Crippen LogP contribution in [-0.4, -0.2) is 126 Å². The Kier molecular flexibility index (Phi) is 5.16. The molecule has 3 aliphatic rings. The summed E-state index contributed by atoms with van der Waals surface area (Å²) in [6.07, 6.45) is -13.7. The molecule has 3 aliphatic heterocycles. The van der Waals surface area contributed by atoms with Gasteiger partial charge in [0.2, 0.25) is 0 Å². The summed E-state index contributed by atoms with van der Waals surface area (Å²) >= 11 is 0. The molecule has 0 aliphatic carbocycles. The first-order chi connectivity index (χ1) is 11.8. The van der Waals surface area contributed by atoms with Gasteiger partial charge in [0.05, 0.1) is 12.6 Å². The van der Waals surface area contributed by atoms with E-state index in [4.69, 9.17) is 9.47 Å². The molecule has 3 fully saturated rings. The number of piperidine rings is 1. The minimum Gasteiger partial charge on any atom is -0.463 e. The standard InChI is InChI=1S/C13H22N2O10/c16-1-4-6(18)8(20)9(21)11(25-4)14-13-15-3(2-24-13)5(17)7(19)10(22)12(15)23/h3-12,16-23H,1-2H2/b14-13-/t3-,4-,5-,6-,7+,8+,9-,10-,11-,12-/m1/s1. The van der Waals surface area contributed by atoms with Crippen LogP contribution in [0.4, 0.5) is 0 Å². The molecular weight excluding hydrogens is 344 g/mol. The summed E-state index contributed by atoms with van der Waals surface area (Å²) in [4.78, 5) is 4.96. The maximum absolute atomic E-state index is 10.1. The van der Waals surface area contributed by atoms with E-state index in [1.165, 1.54) is 0 Å². The fraction of sp³-hybridized carbons (Fsp3) is 0.923. The number of rotatable bonds is 2. The van der Waals surface area contributed by atoms with Gasteiger partial charge in [-0.1, -0.05) is 0 Å². The van der Waals surface area contributed by atoms with Crippen molar-refractivity contribution in [1.82, 2.24) is 4.90 Å². The van der Waals surface area contributed by atoms with Crippen molar-refractivity contribution in [2.24, 2.45) is 4.99 Å². The van der Waals surface area contributed by atoms with Gasteiger partial charge in [0.1, 0.15) is 49.3 Å². The zero-order valence-electron chi connectivity index (χ0n) is 13.0. The third-order valence-electron chi connectivity index (χ3n) is 4.75. The predicted octanol–water partition coefficient (Wildman–Crippen LogP) is -5.74. The summed E-state index contributed by atoms with van der Waals surface area (Å²) in [6.45, 7) is -0.788. The summed E-state index contributed by atoms with van der Waals surface area (Å²) < 4.78 is 10.5. The highest BCUT2D eigenvalue weighted by molar-refractivity contribution is 5.77. The number of ether oxygens (including phenoxy) is 2. The van der Waals surface area contributed by atoms with Crippen molar-refractivity contribution in [3.8, 4) is 0 Å². The fourth-order valence-electron chi connectivity index (χ4n) is 3.20. The molecule has 0 aromatic heterocycles. The number of aliphatic imine (C=N–C) groups is 1. The van der Waals surface area contributed by atoms with Gasteiger partial charge in [-0.2, -0.15) is 0 Å². The second-order valence-electron chi connectivity index (χ2n) is 6.30. The lowest BCUT2D eigenvalue weighted by Crippen LogP contribution is -2.66. The van der Waals surface area contributed by atoms with Gasteiger partial charge in [0.15, 0.2) is 12.5 Å². The molecule has 12 nitrogen and oxygen atoms in total. The number of hydrogen-bond donors (Lipinski definition) is 8. The molecule has 0 amide bonds. The van der Waals surface area contributed by atoms with Crippen LogP contribution in [0.25, 0.3) is 0 Å². The highest BCUT2D eigenvalue weighted by Gasteiger charge is 2.53. The molecule has 0 aromatic carbocycles. The van der Waals surface area contributed by atoms with Crippen LogP contribution in [0, 0.1) is 0 Å². The largest absolute Gasteiger partial charge is 0.463 e. The number of amidine groups is 1. The van der Waals surface area contributed by atoms with Gasteiger partial charge >= 0.3 is 0 Å². The van der Waals surface area contributed by atoms with E-state index >= 15 is 0 Å². The number of fused-ring (bicyclic) bond motifs is 1. The second-order valence-corrected chi connectivity index (χ2v) is 6.30. The van der Waals surface area contributed by atoms with Crippen LogP contribution in [-0.2, 0) is 9.47 Å². The zero-order valence-corrected chi connectivity index (χ0v) is 13.0. The van der Waals surface area contributed by atoms with E-state index < -0.39 is 67.8 Å². The molecule has 3 rings (SSSR count). The van der Waals surface area contributed by atoms with Crippen molar-refractivity contribution in [2.75, 3.05) is 13.2 Å². The third-order valence-corrected chi connectivity index (χ3v) is 4.75. The van der Waals surface area contributed by atoms with Gasteiger partial charge in [-0.15, -0.1) is 0 Å². The van der Waals surface area contributed by atoms with Crippen molar-refractivity contribution in [3.05, 3.63) is 0 Å². The Morgan fingerprint density at radius 3 is 2.16 bits per heavy atom. The van der Waals surface area contributed by atoms with Gasteiger partial charge in [-0.25, -0.2) is 4.99 Å². The Balaban J connectivity index is 1.84. The topological polar surface area (TPSA) is 196 Å². The van der Waals surface area contributed by atoms with Crippen molar-refractivity contribution in [2.45, 2.75) is 61.2 Å². The van der Waals surface area contributed by atoms with E-state index in [9.17, 15) is 40.9 Å². The molecule has 25 heavy (non-hydrogen) atoms. The first-order valence-corrected chi connectivity index (χ1v) is 7.79. The Morgan fingerprint density at radius 1 is 0.880 bits per heavy atom. The highest BCUT2D eigenvalue weighted by atomic mass is 16.6. The van der Waals surface area contributed by atoms with E-state index in [0.29, 0.717) is 0 Å². The van der Waals surface area contributed by atoms with Crippen LogP contribution in [0.2, 0.25) is 0 Å². The van der Waals surface area contributed by atoms with Crippen LogP contribution in [0.15, 0.2) is 4.99 Å². The van der Waals surface area contributed by atoms with E-state index in [1.807, 2.05) is 0 Å². The van der Waals surface area contributed by atoms with Crippen LogP contribution in [0.5, 0.6) is 0 Å². The normalized spacial score (nSPS) is 52.2. The average Bonchev–Trinajstić information content (AvgIpc) is 3.02. The molecule has 0 radical (unpaired) electrons. The molecule has 0 unspecified atom stereocenters. The first-order valence-electron chi connectivity index (χ1n) is 7.79. The number of aliphatic hydroxyl groups excluding tert-OH is 8. The molecule has 0 spiro atoms. The maximum Gasteiger partial charge on any atom is 0.292 e. The number of hydrogen-bond acceptors (Lipinski definition) is 11. The lowest BCUT2D eigenvalue weighted by atomic mass is 9.94. The maximum atomic E-state index is 10.1. The van der Waals surface area contributed by atoms with Crippen molar-refractivity contribution < 1.29 is 50.3 Å². The molecule has 10 atom stereocenters. The van der Waals surface area contributed by atoms with Gasteiger partial charge in [0.25, 0.3) is 6.02 Å². The minimum atomic E-state index is -1.69. The van der Waals surface area contributed by atoms with Crippen molar-refractivity contribution in [1.29, 1.82) is 0 Å². The number of aliphatic hydroxyl groups is 8. The van der Waals surface area contributed by atoms with Crippen LogP contribution < -0.4 is 0 Å². The Bertz CT molecular complexity index is 519. The van der Waals surface area contributed by atoms with Gasteiger partial charge in [0, 0.05) is 0 Å². The van der Waals surface area contributed by atoms with E-state index in [-0.39, 0.29) is 12.6 Å². The van der Waals surface area contributed by atoms with E-state index in [0.717, 1.165) is 4.90 Å². The summed E-state index contributed by atoms with van der Waals surface area (Å²) in [5.41, 5.74) is 0. The molecule has 8 N–H and O–H groups in total. The van der Waals surface area contributed by atoms with Crippen LogP contribution >= 0.6 is 0 Å². The Morgan fingerprint density at radius 2 is 1.52 bits per heavy atom. The molecular formula is C13H22N2O10. The van der Waals surface area contributed by atoms with Crippen LogP contribution in [0.3, 0.4) is 0 Å². The second kappa shape index (κ2) is 6.90. The average molecular weight is 366 g/mol. The summed E-state index contributed by atoms with van der Waals surface area (Å²) in [5, 5.41) is 78.3. The van der Waals surface area contributed by atoms with E-state index in [1.54, 1.807) is 0 Å². The third kappa shape index (κ3) is 2.99. The van der Waals surface area contributed by atoms with Crippen molar-refractivity contribution >= 4 is 6.02 Å². The quantitative estimate of drug-likeness (QED) is 0.232.